The van der Waals surface area contributed by atoms with E-state index in [2.05, 4.69) is 15.9 Å². The lowest BCUT2D eigenvalue weighted by atomic mass is 9.85. The maximum Gasteiger partial charge on any atom is 0.294 e. The Kier molecular flexibility index (Phi) is 2.76. The van der Waals surface area contributed by atoms with Crippen LogP contribution in [0.5, 0.6) is 0 Å². The van der Waals surface area contributed by atoms with E-state index in [1.54, 1.807) is 18.2 Å². The molecule has 2 bridgehead atoms. The Labute approximate surface area is 132 Å². The summed E-state index contributed by atoms with van der Waals surface area (Å²) in [4.78, 5) is 36.8. The molecule has 4 rings (SSSR count). The highest BCUT2D eigenvalue weighted by Crippen LogP contribution is 2.47. The number of nitro benzene ring substituents is 1. The number of carbonyl (C=O) groups is 2. The van der Waals surface area contributed by atoms with Crippen LogP contribution < -0.4 is 4.90 Å². The largest absolute Gasteiger partial charge is 0.365 e. The van der Waals surface area contributed by atoms with Gasteiger partial charge in [-0.2, -0.15) is 0 Å². The Hall–Kier alpha value is -2.06. The molecule has 8 heteroatoms. The van der Waals surface area contributed by atoms with Crippen LogP contribution in [0.25, 0.3) is 0 Å². The van der Waals surface area contributed by atoms with Crippen molar-refractivity contribution in [1.29, 1.82) is 0 Å². The number of anilines is 1. The topological polar surface area (TPSA) is 89.8 Å². The Morgan fingerprint density at radius 1 is 1.14 bits per heavy atom. The number of ether oxygens (including phenoxy) is 1. The van der Waals surface area contributed by atoms with Gasteiger partial charge in [0.05, 0.1) is 29.0 Å². The second-order valence-corrected chi connectivity index (χ2v) is 6.32. The summed E-state index contributed by atoms with van der Waals surface area (Å²) in [7, 11) is 0. The Morgan fingerprint density at radius 2 is 1.73 bits per heavy atom. The van der Waals surface area contributed by atoms with Crippen LogP contribution in [-0.4, -0.2) is 28.9 Å². The van der Waals surface area contributed by atoms with Gasteiger partial charge in [-0.05, 0) is 12.1 Å². The van der Waals surface area contributed by atoms with Crippen molar-refractivity contribution in [1.82, 2.24) is 0 Å². The fraction of sp³-hybridized carbons (Fsp3) is 0.286. The maximum atomic E-state index is 12.6. The van der Waals surface area contributed by atoms with Crippen molar-refractivity contribution < 1.29 is 19.2 Å². The average molecular weight is 365 g/mol. The van der Waals surface area contributed by atoms with Crippen LogP contribution in [0.15, 0.2) is 34.8 Å². The zero-order valence-electron chi connectivity index (χ0n) is 11.0. The monoisotopic (exact) mass is 364 g/mol. The number of halogens is 1. The minimum Gasteiger partial charge on any atom is -0.365 e. The number of hydrogen-bond acceptors (Lipinski definition) is 5. The molecule has 2 fully saturated rings. The SMILES string of the molecule is O=C1[C@@H]2[C@H](C(=O)N1c1ccc(Br)cc1[N+](=O)[O-])[C@@H]1C=C[C@@H]2O1. The molecule has 0 unspecified atom stereocenters. The standard InChI is InChI=1S/C14H9BrN2O5/c15-6-1-2-7(8(5-6)17(20)21)16-13(18)11-9-3-4-10(22-9)12(11)14(16)19/h1-5,9-12H/t9-,10-,11-,12+/m0/s1. The quantitative estimate of drug-likeness (QED) is 0.345. The third-order valence-corrected chi connectivity index (χ3v) is 4.78. The number of hydrogen-bond donors (Lipinski definition) is 0. The van der Waals surface area contributed by atoms with Crippen LogP contribution >= 0.6 is 15.9 Å². The second-order valence-electron chi connectivity index (χ2n) is 5.40. The molecule has 2 saturated heterocycles. The number of nitrogens with zero attached hydrogens (tertiary/aromatic N) is 2. The van der Waals surface area contributed by atoms with Gasteiger partial charge >= 0.3 is 0 Å². The van der Waals surface area contributed by atoms with E-state index in [4.69, 9.17) is 4.74 Å². The van der Waals surface area contributed by atoms with Crippen molar-refractivity contribution >= 4 is 39.1 Å². The second kappa shape index (κ2) is 4.47. The van der Waals surface area contributed by atoms with Crippen molar-refractivity contribution in [3.05, 3.63) is 44.9 Å². The maximum absolute atomic E-state index is 12.6. The molecular formula is C14H9BrN2O5. The third kappa shape index (κ3) is 1.65. The van der Waals surface area contributed by atoms with Crippen LogP contribution in [0.3, 0.4) is 0 Å². The molecule has 0 spiro atoms. The Morgan fingerprint density at radius 3 is 2.27 bits per heavy atom. The molecule has 0 aromatic heterocycles. The summed E-state index contributed by atoms with van der Waals surface area (Å²) < 4.78 is 6.05. The highest BCUT2D eigenvalue weighted by Gasteiger charge is 2.61. The lowest BCUT2D eigenvalue weighted by Crippen LogP contribution is -2.34. The first kappa shape index (κ1) is 13.6. The zero-order valence-corrected chi connectivity index (χ0v) is 12.6. The third-order valence-electron chi connectivity index (χ3n) is 4.29. The van der Waals surface area contributed by atoms with E-state index < -0.39 is 40.8 Å². The number of carbonyl (C=O) groups excluding carboxylic acids is 2. The molecule has 3 aliphatic rings. The summed E-state index contributed by atoms with van der Waals surface area (Å²) in [5.41, 5.74) is -0.269. The summed E-state index contributed by atoms with van der Waals surface area (Å²) >= 11 is 3.16. The first-order valence-corrected chi connectivity index (χ1v) is 7.44. The molecule has 1 aromatic rings. The number of nitro groups is 1. The van der Waals surface area contributed by atoms with Gasteiger partial charge in [-0.15, -0.1) is 0 Å². The average Bonchev–Trinajstić information content (AvgIpc) is 3.14. The number of imide groups is 1. The van der Waals surface area contributed by atoms with Gasteiger partial charge in [-0.1, -0.05) is 28.1 Å². The zero-order chi connectivity index (χ0) is 15.6. The summed E-state index contributed by atoms with van der Waals surface area (Å²) in [6.07, 6.45) is 2.73. The number of amides is 2. The lowest BCUT2D eigenvalue weighted by molar-refractivity contribution is -0.384. The van der Waals surface area contributed by atoms with Crippen LogP contribution in [0.4, 0.5) is 11.4 Å². The molecule has 1 aromatic carbocycles. The molecule has 22 heavy (non-hydrogen) atoms. The van der Waals surface area contributed by atoms with Gasteiger partial charge in [0.2, 0.25) is 11.8 Å². The van der Waals surface area contributed by atoms with Crippen molar-refractivity contribution in [2.45, 2.75) is 12.2 Å². The van der Waals surface area contributed by atoms with Crippen LogP contribution in [0, 0.1) is 22.0 Å². The van der Waals surface area contributed by atoms with Crippen molar-refractivity contribution in [3.63, 3.8) is 0 Å². The molecule has 3 heterocycles. The van der Waals surface area contributed by atoms with Crippen molar-refractivity contribution in [2.24, 2.45) is 11.8 Å². The van der Waals surface area contributed by atoms with E-state index in [-0.39, 0.29) is 11.4 Å². The summed E-state index contributed by atoms with van der Waals surface area (Å²) in [5.74, 6) is -2.02. The Bertz CT molecular complexity index is 732. The van der Waals surface area contributed by atoms with Crippen LogP contribution in [0.1, 0.15) is 0 Å². The fourth-order valence-corrected chi connectivity index (χ4v) is 3.72. The predicted octanol–water partition coefficient (Wildman–Crippen LogP) is 1.80. The van der Waals surface area contributed by atoms with Crippen molar-refractivity contribution in [3.8, 4) is 0 Å². The summed E-state index contributed by atoms with van der Waals surface area (Å²) in [6, 6.07) is 4.27. The van der Waals surface area contributed by atoms with Gasteiger partial charge in [0.25, 0.3) is 5.69 Å². The predicted molar refractivity (Wildman–Crippen MR) is 78.1 cm³/mol. The van der Waals surface area contributed by atoms with Crippen LogP contribution in [0.2, 0.25) is 0 Å². The number of fused-ring (bicyclic) bond motifs is 5. The first-order valence-electron chi connectivity index (χ1n) is 6.64. The fourth-order valence-electron chi connectivity index (χ4n) is 3.37. The van der Waals surface area contributed by atoms with Crippen molar-refractivity contribution in [2.75, 3.05) is 4.90 Å². The van der Waals surface area contributed by atoms with Gasteiger partial charge in [0.15, 0.2) is 0 Å². The molecule has 3 aliphatic heterocycles. The number of benzene rings is 1. The smallest absolute Gasteiger partial charge is 0.294 e. The molecule has 0 saturated carbocycles. The van der Waals surface area contributed by atoms with E-state index in [9.17, 15) is 19.7 Å². The molecule has 4 atom stereocenters. The van der Waals surface area contributed by atoms with Crippen LogP contribution in [-0.2, 0) is 14.3 Å². The molecule has 0 aliphatic carbocycles. The van der Waals surface area contributed by atoms with E-state index in [1.165, 1.54) is 12.1 Å². The molecule has 2 amide bonds. The molecular weight excluding hydrogens is 356 g/mol. The highest BCUT2D eigenvalue weighted by molar-refractivity contribution is 9.10. The summed E-state index contributed by atoms with van der Waals surface area (Å²) in [5, 5.41) is 11.2. The molecule has 0 N–H and O–H groups in total. The van der Waals surface area contributed by atoms with E-state index in [0.717, 1.165) is 4.90 Å². The van der Waals surface area contributed by atoms with Gasteiger partial charge in [-0.3, -0.25) is 19.7 Å². The summed E-state index contributed by atoms with van der Waals surface area (Å²) in [6.45, 7) is 0. The van der Waals surface area contributed by atoms with E-state index in [0.29, 0.717) is 4.47 Å². The molecule has 7 nitrogen and oxygen atoms in total. The van der Waals surface area contributed by atoms with E-state index >= 15 is 0 Å². The molecule has 112 valence electrons. The minimum absolute atomic E-state index is 0.0111. The van der Waals surface area contributed by atoms with Gasteiger partial charge < -0.3 is 4.74 Å². The normalized spacial score (nSPS) is 32.0. The lowest BCUT2D eigenvalue weighted by Gasteiger charge is -2.17. The van der Waals surface area contributed by atoms with E-state index in [1.807, 2.05) is 0 Å². The van der Waals surface area contributed by atoms with Gasteiger partial charge in [0, 0.05) is 10.5 Å². The minimum atomic E-state index is -0.599. The highest BCUT2D eigenvalue weighted by atomic mass is 79.9. The van der Waals surface area contributed by atoms with Gasteiger partial charge in [-0.25, -0.2) is 4.90 Å². The molecule has 0 radical (unpaired) electrons. The van der Waals surface area contributed by atoms with Gasteiger partial charge in [0.1, 0.15) is 5.69 Å². The first-order chi connectivity index (χ1) is 10.5. The Balaban J connectivity index is 1.81. The number of rotatable bonds is 2.